The molecule has 0 aliphatic rings. The van der Waals surface area contributed by atoms with Crippen molar-refractivity contribution in [3.05, 3.63) is 68.8 Å². The van der Waals surface area contributed by atoms with Gasteiger partial charge in [-0.15, -0.1) is 0 Å². The van der Waals surface area contributed by atoms with Crippen LogP contribution in [-0.2, 0) is 5.21 Å². The highest BCUT2D eigenvalue weighted by Gasteiger charge is 2.12. The second-order valence-corrected chi connectivity index (χ2v) is 3.84. The number of rotatable bonds is 4. The summed E-state index contributed by atoms with van der Waals surface area (Å²) in [5.41, 5.74) is 0.158. The van der Waals surface area contributed by atoms with Crippen molar-refractivity contribution in [3.63, 3.8) is 0 Å². The smallest absolute Gasteiger partial charge is 0.258 e. The van der Waals surface area contributed by atoms with Crippen molar-refractivity contribution < 1.29 is 15.1 Å². The van der Waals surface area contributed by atoms with E-state index in [1.54, 1.807) is 0 Å². The number of non-ortho nitro benzene ring substituents is 2. The van der Waals surface area contributed by atoms with Crippen LogP contribution in [0.3, 0.4) is 0 Å². The summed E-state index contributed by atoms with van der Waals surface area (Å²) in [5, 5.41) is 33.5. The first-order valence-electron chi connectivity index (χ1n) is 5.45. The molecular formula is C12H8N3O5. The fraction of sp³-hybridized carbons (Fsp3) is 0. The molecule has 0 saturated carbocycles. The minimum atomic E-state index is -0.565. The maximum absolute atomic E-state index is 12.0. The second kappa shape index (κ2) is 5.33. The molecule has 0 spiro atoms. The van der Waals surface area contributed by atoms with Gasteiger partial charge < -0.3 is 0 Å². The lowest BCUT2D eigenvalue weighted by atomic mass is 10.2. The van der Waals surface area contributed by atoms with Crippen molar-refractivity contribution in [2.45, 2.75) is 0 Å². The largest absolute Gasteiger partial charge is 0.269 e. The average molecular weight is 274 g/mol. The number of nitro groups is 2. The summed E-state index contributed by atoms with van der Waals surface area (Å²) in [6.45, 7) is 0. The van der Waals surface area contributed by atoms with E-state index in [1.165, 1.54) is 48.5 Å². The third-order valence-electron chi connectivity index (χ3n) is 2.59. The van der Waals surface area contributed by atoms with Crippen LogP contribution in [-0.4, -0.2) is 9.85 Å². The molecule has 2 rings (SSSR count). The Hall–Kier alpha value is -3.00. The molecule has 0 amide bonds. The molecule has 0 heterocycles. The van der Waals surface area contributed by atoms with Crippen molar-refractivity contribution in [1.29, 1.82) is 0 Å². The molecule has 0 aliphatic heterocycles. The zero-order chi connectivity index (χ0) is 14.7. The van der Waals surface area contributed by atoms with Crippen LogP contribution in [0.1, 0.15) is 0 Å². The topological polar surface area (TPSA) is 109 Å². The molecule has 101 valence electrons. The Morgan fingerprint density at radius 2 is 1.00 bits per heavy atom. The Kier molecular flexibility index (Phi) is 3.58. The quantitative estimate of drug-likeness (QED) is 0.628. The molecule has 0 atom stereocenters. The van der Waals surface area contributed by atoms with Crippen molar-refractivity contribution in [3.8, 4) is 0 Å². The van der Waals surface area contributed by atoms with Gasteiger partial charge in [0.1, 0.15) is 0 Å². The van der Waals surface area contributed by atoms with Crippen LogP contribution < -0.4 is 5.06 Å². The van der Waals surface area contributed by atoms with Crippen molar-refractivity contribution in [1.82, 2.24) is 0 Å². The highest BCUT2D eigenvalue weighted by Crippen LogP contribution is 2.27. The lowest BCUT2D eigenvalue weighted by Crippen LogP contribution is -2.08. The first kappa shape index (κ1) is 13.4. The summed E-state index contributed by atoms with van der Waals surface area (Å²) in [7, 11) is 0. The van der Waals surface area contributed by atoms with Crippen molar-refractivity contribution in [2.75, 3.05) is 5.06 Å². The summed E-state index contributed by atoms with van der Waals surface area (Å²) in [4.78, 5) is 19.9. The standard InChI is InChI=1S/C12H8N3O5/c16-13(9-1-5-11(6-2-9)14(17)18)10-3-7-12(8-4-10)15(19)20/h1-8H. The molecule has 0 saturated heterocycles. The summed E-state index contributed by atoms with van der Waals surface area (Å²) >= 11 is 0. The van der Waals surface area contributed by atoms with Gasteiger partial charge >= 0.3 is 0 Å². The molecule has 20 heavy (non-hydrogen) atoms. The molecular weight excluding hydrogens is 266 g/mol. The number of nitrogens with zero attached hydrogens (tertiary/aromatic N) is 3. The van der Waals surface area contributed by atoms with Gasteiger partial charge in [-0.25, -0.2) is 0 Å². The minimum absolute atomic E-state index is 0.120. The molecule has 8 heteroatoms. The fourth-order valence-electron chi connectivity index (χ4n) is 1.57. The van der Waals surface area contributed by atoms with E-state index in [2.05, 4.69) is 0 Å². The summed E-state index contributed by atoms with van der Waals surface area (Å²) in [5.74, 6) is 0. The molecule has 8 nitrogen and oxygen atoms in total. The number of anilines is 2. The Bertz CT molecular complexity index is 582. The third-order valence-corrected chi connectivity index (χ3v) is 2.59. The van der Waals surface area contributed by atoms with Gasteiger partial charge in [0.25, 0.3) is 11.4 Å². The first-order valence-corrected chi connectivity index (χ1v) is 5.45. The molecule has 2 aromatic carbocycles. The second-order valence-electron chi connectivity index (χ2n) is 3.84. The lowest BCUT2D eigenvalue weighted by Gasteiger charge is -2.13. The van der Waals surface area contributed by atoms with E-state index in [0.29, 0.717) is 5.06 Å². The molecule has 1 radical (unpaired) electrons. The van der Waals surface area contributed by atoms with Gasteiger partial charge in [-0.1, -0.05) is 5.21 Å². The Labute approximate surface area is 112 Å². The Balaban J connectivity index is 2.24. The number of benzene rings is 2. The van der Waals surface area contributed by atoms with Gasteiger partial charge in [-0.05, 0) is 24.3 Å². The number of nitro benzene ring substituents is 2. The van der Waals surface area contributed by atoms with E-state index >= 15 is 0 Å². The average Bonchev–Trinajstić information content (AvgIpc) is 2.46. The first-order chi connectivity index (χ1) is 9.49. The van der Waals surface area contributed by atoms with Gasteiger partial charge in [-0.2, -0.15) is 5.06 Å². The van der Waals surface area contributed by atoms with Crippen LogP contribution in [0.25, 0.3) is 0 Å². The molecule has 0 aromatic heterocycles. The highest BCUT2D eigenvalue weighted by molar-refractivity contribution is 5.62. The van der Waals surface area contributed by atoms with E-state index in [9.17, 15) is 25.4 Å². The Morgan fingerprint density at radius 3 is 1.25 bits per heavy atom. The minimum Gasteiger partial charge on any atom is -0.258 e. The zero-order valence-corrected chi connectivity index (χ0v) is 10.0. The van der Waals surface area contributed by atoms with Gasteiger partial charge in [0.15, 0.2) is 0 Å². The lowest BCUT2D eigenvalue weighted by molar-refractivity contribution is -0.385. The van der Waals surface area contributed by atoms with Crippen LogP contribution in [0, 0.1) is 20.2 Å². The molecule has 0 unspecified atom stereocenters. The summed E-state index contributed by atoms with van der Waals surface area (Å²) in [6.07, 6.45) is 0. The van der Waals surface area contributed by atoms with E-state index in [0.717, 1.165) is 0 Å². The third kappa shape index (κ3) is 2.70. The number of hydrogen-bond donors (Lipinski definition) is 0. The van der Waals surface area contributed by atoms with Crippen LogP contribution in [0.15, 0.2) is 48.5 Å². The molecule has 2 aromatic rings. The zero-order valence-electron chi connectivity index (χ0n) is 10.0. The maximum atomic E-state index is 12.0. The van der Waals surface area contributed by atoms with Crippen LogP contribution in [0.2, 0.25) is 0 Å². The van der Waals surface area contributed by atoms with Crippen molar-refractivity contribution in [2.24, 2.45) is 0 Å². The summed E-state index contributed by atoms with van der Waals surface area (Å²) in [6, 6.07) is 10.1. The molecule has 0 fully saturated rings. The molecule has 0 aliphatic carbocycles. The highest BCUT2D eigenvalue weighted by atomic mass is 16.6. The molecule has 0 bridgehead atoms. The van der Waals surface area contributed by atoms with E-state index in [4.69, 9.17) is 0 Å². The van der Waals surface area contributed by atoms with Gasteiger partial charge in [0.2, 0.25) is 0 Å². The number of hydrogen-bond acceptors (Lipinski definition) is 5. The Morgan fingerprint density at radius 1 is 0.700 bits per heavy atom. The molecule has 0 N–H and O–H groups in total. The van der Waals surface area contributed by atoms with Gasteiger partial charge in [0, 0.05) is 24.3 Å². The normalized spacial score (nSPS) is 10.1. The predicted molar refractivity (Wildman–Crippen MR) is 69.0 cm³/mol. The SMILES string of the molecule is [O]N(c1ccc([N+](=O)[O-])cc1)c1ccc([N+](=O)[O-])cc1. The van der Waals surface area contributed by atoms with E-state index in [1.807, 2.05) is 0 Å². The van der Waals surface area contributed by atoms with Gasteiger partial charge in [-0.3, -0.25) is 20.2 Å². The fourth-order valence-corrected chi connectivity index (χ4v) is 1.57. The van der Waals surface area contributed by atoms with E-state index in [-0.39, 0.29) is 22.7 Å². The van der Waals surface area contributed by atoms with Crippen LogP contribution >= 0.6 is 0 Å². The van der Waals surface area contributed by atoms with Gasteiger partial charge in [0.05, 0.1) is 21.2 Å². The van der Waals surface area contributed by atoms with Crippen molar-refractivity contribution >= 4 is 22.7 Å². The van der Waals surface area contributed by atoms with Crippen LogP contribution in [0.5, 0.6) is 0 Å². The van der Waals surface area contributed by atoms with Crippen LogP contribution in [0.4, 0.5) is 22.7 Å². The maximum Gasteiger partial charge on any atom is 0.269 e. The van der Waals surface area contributed by atoms with E-state index < -0.39 is 9.85 Å². The summed E-state index contributed by atoms with van der Waals surface area (Å²) < 4.78 is 0. The predicted octanol–water partition coefficient (Wildman–Crippen LogP) is 2.99. The monoisotopic (exact) mass is 274 g/mol.